The number of carbonyl (C=O) groups is 4. The normalized spacial score (nSPS) is 16.1. The van der Waals surface area contributed by atoms with Crippen molar-refractivity contribution in [2.45, 2.75) is 91.4 Å². The molecule has 0 aliphatic carbocycles. The Kier molecular flexibility index (Phi) is 12.0. The average molecular weight is 544 g/mol. The zero-order chi connectivity index (χ0) is 29.3. The number of amides is 3. The highest BCUT2D eigenvalue weighted by Gasteiger charge is 2.33. The zero-order valence-electron chi connectivity index (χ0n) is 23.9. The number of carboxylic acid groups (broad SMARTS) is 1. The molecular formula is C29H45N5O5. The van der Waals surface area contributed by atoms with Crippen molar-refractivity contribution in [3.63, 3.8) is 0 Å². The van der Waals surface area contributed by atoms with Crippen molar-refractivity contribution in [1.82, 2.24) is 20.9 Å². The summed E-state index contributed by atoms with van der Waals surface area (Å²) in [6.07, 6.45) is 3.46. The molecule has 39 heavy (non-hydrogen) atoms. The van der Waals surface area contributed by atoms with E-state index in [0.29, 0.717) is 12.8 Å². The lowest BCUT2D eigenvalue weighted by atomic mass is 9.95. The first-order chi connectivity index (χ1) is 18.4. The van der Waals surface area contributed by atoms with E-state index < -0.39 is 47.9 Å². The molecule has 216 valence electrons. The van der Waals surface area contributed by atoms with E-state index in [0.717, 1.165) is 16.5 Å². The number of aromatic nitrogens is 1. The molecule has 10 nitrogen and oxygen atoms in total. The van der Waals surface area contributed by atoms with E-state index in [4.69, 9.17) is 5.73 Å². The number of fused-ring (bicyclic) bond motifs is 1. The van der Waals surface area contributed by atoms with Crippen LogP contribution in [-0.4, -0.2) is 57.9 Å². The number of carboxylic acids is 1. The highest BCUT2D eigenvalue weighted by atomic mass is 16.4. The first kappa shape index (κ1) is 31.8. The van der Waals surface area contributed by atoms with Gasteiger partial charge in [-0.15, -0.1) is 0 Å². The van der Waals surface area contributed by atoms with E-state index in [2.05, 4.69) is 20.9 Å². The van der Waals surface area contributed by atoms with Gasteiger partial charge in [0.1, 0.15) is 18.1 Å². The molecule has 0 spiro atoms. The predicted octanol–water partition coefficient (Wildman–Crippen LogP) is 2.72. The highest BCUT2D eigenvalue weighted by Crippen LogP contribution is 2.20. The third-order valence-corrected chi connectivity index (χ3v) is 7.41. The van der Waals surface area contributed by atoms with Gasteiger partial charge in [0.2, 0.25) is 17.7 Å². The van der Waals surface area contributed by atoms with Crippen molar-refractivity contribution < 1.29 is 24.3 Å². The van der Waals surface area contributed by atoms with Crippen molar-refractivity contribution in [2.75, 3.05) is 0 Å². The van der Waals surface area contributed by atoms with Crippen LogP contribution in [0, 0.1) is 17.8 Å². The molecule has 1 heterocycles. The lowest BCUT2D eigenvalue weighted by Gasteiger charge is -2.29. The summed E-state index contributed by atoms with van der Waals surface area (Å²) >= 11 is 0. The summed E-state index contributed by atoms with van der Waals surface area (Å²) in [7, 11) is 0. The van der Waals surface area contributed by atoms with E-state index in [1.807, 2.05) is 65.8 Å². The minimum Gasteiger partial charge on any atom is -0.480 e. The van der Waals surface area contributed by atoms with Crippen LogP contribution in [0.4, 0.5) is 0 Å². The maximum Gasteiger partial charge on any atom is 0.326 e. The van der Waals surface area contributed by atoms with Gasteiger partial charge in [-0.25, -0.2) is 4.79 Å². The Morgan fingerprint density at radius 1 is 0.872 bits per heavy atom. The number of benzene rings is 1. The number of hydrogen-bond donors (Lipinski definition) is 6. The van der Waals surface area contributed by atoms with E-state index in [1.54, 1.807) is 6.20 Å². The molecule has 7 N–H and O–H groups in total. The summed E-state index contributed by atoms with van der Waals surface area (Å²) in [5.41, 5.74) is 7.79. The monoisotopic (exact) mass is 543 g/mol. The summed E-state index contributed by atoms with van der Waals surface area (Å²) in [6.45, 7) is 11.3. The van der Waals surface area contributed by atoms with Gasteiger partial charge in [-0.05, 0) is 35.8 Å². The number of para-hydroxylation sites is 1. The second-order valence-corrected chi connectivity index (χ2v) is 10.9. The summed E-state index contributed by atoms with van der Waals surface area (Å²) in [5.74, 6) is -2.96. The van der Waals surface area contributed by atoms with Crippen LogP contribution in [0.15, 0.2) is 30.5 Å². The van der Waals surface area contributed by atoms with Gasteiger partial charge in [-0.2, -0.15) is 0 Å². The molecular weight excluding hydrogens is 498 g/mol. The van der Waals surface area contributed by atoms with Gasteiger partial charge in [-0.3, -0.25) is 14.4 Å². The minimum absolute atomic E-state index is 0.0350. The fraction of sp³-hybridized carbons (Fsp3) is 0.586. The second kappa shape index (κ2) is 14.7. The van der Waals surface area contributed by atoms with Crippen LogP contribution in [0.25, 0.3) is 10.9 Å². The third-order valence-electron chi connectivity index (χ3n) is 7.41. The Morgan fingerprint density at radius 3 is 2.08 bits per heavy atom. The van der Waals surface area contributed by atoms with Gasteiger partial charge in [0.25, 0.3) is 0 Å². The van der Waals surface area contributed by atoms with Crippen LogP contribution in [0.2, 0.25) is 0 Å². The molecule has 6 atom stereocenters. The summed E-state index contributed by atoms with van der Waals surface area (Å²) in [5, 5.41) is 18.8. The van der Waals surface area contributed by atoms with Crippen LogP contribution >= 0.6 is 0 Å². The number of rotatable bonds is 15. The van der Waals surface area contributed by atoms with Gasteiger partial charge in [0, 0.05) is 23.5 Å². The highest BCUT2D eigenvalue weighted by molar-refractivity contribution is 5.95. The average Bonchev–Trinajstić information content (AvgIpc) is 3.31. The number of nitrogens with two attached hydrogens (primary N) is 1. The molecule has 2 rings (SSSR count). The number of nitrogens with one attached hydrogen (secondary N) is 4. The number of hydrogen-bond acceptors (Lipinski definition) is 5. The Labute approximate surface area is 230 Å². The maximum atomic E-state index is 13.6. The van der Waals surface area contributed by atoms with Gasteiger partial charge in [0.05, 0.1) is 6.04 Å². The number of aromatic amines is 1. The van der Waals surface area contributed by atoms with Crippen molar-refractivity contribution in [2.24, 2.45) is 23.5 Å². The Hall–Kier alpha value is -3.40. The zero-order valence-corrected chi connectivity index (χ0v) is 23.9. The molecule has 2 aromatic rings. The topological polar surface area (TPSA) is 166 Å². The molecule has 3 amide bonds. The molecule has 6 unspecified atom stereocenters. The fourth-order valence-electron chi connectivity index (χ4n) is 4.42. The smallest absolute Gasteiger partial charge is 0.326 e. The van der Waals surface area contributed by atoms with Crippen LogP contribution in [0.3, 0.4) is 0 Å². The van der Waals surface area contributed by atoms with Gasteiger partial charge >= 0.3 is 5.97 Å². The minimum atomic E-state index is -1.14. The molecule has 10 heteroatoms. The Bertz CT molecular complexity index is 1130. The quantitative estimate of drug-likeness (QED) is 0.202. The molecule has 0 aliphatic rings. The molecule has 0 saturated heterocycles. The summed E-state index contributed by atoms with van der Waals surface area (Å²) < 4.78 is 0. The SMILES string of the molecule is CCC(C)C(N)C(=O)NC(C(=O)NC(Cc1c[nH]c2ccccc12)C(=O)NC(CC(C)C)C(=O)O)C(C)CC. The second-order valence-electron chi connectivity index (χ2n) is 10.9. The van der Waals surface area contributed by atoms with Crippen molar-refractivity contribution >= 4 is 34.6 Å². The lowest BCUT2D eigenvalue weighted by Crippen LogP contribution is -2.59. The molecule has 0 fully saturated rings. The number of carbonyl (C=O) groups excluding carboxylic acids is 3. The molecule has 0 radical (unpaired) electrons. The lowest BCUT2D eigenvalue weighted by molar-refractivity contribution is -0.142. The van der Waals surface area contributed by atoms with Crippen LogP contribution in [0.1, 0.15) is 66.4 Å². The van der Waals surface area contributed by atoms with E-state index >= 15 is 0 Å². The number of H-pyrrole nitrogens is 1. The van der Waals surface area contributed by atoms with Crippen LogP contribution in [0.5, 0.6) is 0 Å². The molecule has 1 aromatic carbocycles. The Morgan fingerprint density at radius 2 is 1.49 bits per heavy atom. The molecule has 0 bridgehead atoms. The summed E-state index contributed by atoms with van der Waals surface area (Å²) in [4.78, 5) is 54.9. The third kappa shape index (κ3) is 8.81. The van der Waals surface area contributed by atoms with Crippen molar-refractivity contribution in [1.29, 1.82) is 0 Å². The van der Waals surface area contributed by atoms with E-state index in [-0.39, 0.29) is 30.6 Å². The Balaban J connectivity index is 2.35. The summed E-state index contributed by atoms with van der Waals surface area (Å²) in [6, 6.07) is 3.73. The largest absolute Gasteiger partial charge is 0.480 e. The molecule has 0 saturated carbocycles. The van der Waals surface area contributed by atoms with Crippen molar-refractivity contribution in [3.05, 3.63) is 36.0 Å². The first-order valence-corrected chi connectivity index (χ1v) is 13.8. The molecule has 1 aromatic heterocycles. The van der Waals surface area contributed by atoms with Crippen LogP contribution < -0.4 is 21.7 Å². The maximum absolute atomic E-state index is 13.6. The standard InChI is InChI=1S/C29H45N5O5/c1-7-17(5)24(30)27(36)34-25(18(6)8-2)28(37)32-22(26(35)33-23(29(38)39)13-16(3)4)14-19-15-31-21-12-10-9-11-20(19)21/h9-12,15-18,22-25,31H,7-8,13-14,30H2,1-6H3,(H,32,37)(H,33,35)(H,34,36)(H,38,39). The van der Waals surface area contributed by atoms with Crippen molar-refractivity contribution in [3.8, 4) is 0 Å². The van der Waals surface area contributed by atoms with Gasteiger partial charge in [0.15, 0.2) is 0 Å². The first-order valence-electron chi connectivity index (χ1n) is 13.8. The van der Waals surface area contributed by atoms with E-state index in [1.165, 1.54) is 0 Å². The van der Waals surface area contributed by atoms with Gasteiger partial charge in [-0.1, -0.05) is 72.6 Å². The van der Waals surface area contributed by atoms with E-state index in [9.17, 15) is 24.3 Å². The predicted molar refractivity (Wildman–Crippen MR) is 152 cm³/mol. The fourth-order valence-corrected chi connectivity index (χ4v) is 4.42. The molecule has 0 aliphatic heterocycles. The van der Waals surface area contributed by atoms with Gasteiger partial charge < -0.3 is 31.8 Å². The van der Waals surface area contributed by atoms with Crippen LogP contribution in [-0.2, 0) is 25.6 Å². The number of aliphatic carboxylic acids is 1.